The summed E-state index contributed by atoms with van der Waals surface area (Å²) >= 11 is 3.49. The molecule has 1 N–H and O–H groups in total. The predicted octanol–water partition coefficient (Wildman–Crippen LogP) is 3.21. The van der Waals surface area contributed by atoms with Gasteiger partial charge in [-0.1, -0.05) is 32.0 Å². The van der Waals surface area contributed by atoms with Gasteiger partial charge in [0, 0.05) is 0 Å². The van der Waals surface area contributed by atoms with Gasteiger partial charge >= 0.3 is 0 Å². The summed E-state index contributed by atoms with van der Waals surface area (Å²) in [6, 6.07) is 9.49. The van der Waals surface area contributed by atoms with Gasteiger partial charge in [0.2, 0.25) is 0 Å². The van der Waals surface area contributed by atoms with E-state index in [-0.39, 0.29) is 6.61 Å². The van der Waals surface area contributed by atoms with Gasteiger partial charge in [-0.25, -0.2) is 0 Å². The summed E-state index contributed by atoms with van der Waals surface area (Å²) in [4.78, 5) is 0. The molecular weight excluding hydrogens is 320 g/mol. The maximum Gasteiger partial charge on any atom is 0.119 e. The molecule has 0 fully saturated rings. The summed E-state index contributed by atoms with van der Waals surface area (Å²) in [7, 11) is 0. The van der Waals surface area contributed by atoms with Crippen molar-refractivity contribution in [1.29, 1.82) is 0 Å². The number of rotatable bonds is 6. The first kappa shape index (κ1) is 15.1. The van der Waals surface area contributed by atoms with E-state index in [1.807, 2.05) is 35.0 Å². The van der Waals surface area contributed by atoms with Gasteiger partial charge in [-0.2, -0.15) is 5.10 Å². The zero-order chi connectivity index (χ0) is 14.5. The van der Waals surface area contributed by atoms with Crippen molar-refractivity contribution in [3.05, 3.63) is 46.7 Å². The lowest BCUT2D eigenvalue weighted by Crippen LogP contribution is -2.25. The van der Waals surface area contributed by atoms with Crippen LogP contribution in [0.2, 0.25) is 0 Å². The molecule has 1 aromatic heterocycles. The minimum atomic E-state index is -0.598. The Kier molecular flexibility index (Phi) is 5.20. The van der Waals surface area contributed by atoms with Gasteiger partial charge < -0.3 is 9.84 Å². The molecule has 2 aromatic rings. The predicted molar refractivity (Wildman–Crippen MR) is 82.0 cm³/mol. The number of aliphatic hydroxyl groups is 1. The fourth-order valence-corrected chi connectivity index (χ4v) is 2.81. The minimum Gasteiger partial charge on any atom is -0.491 e. The molecule has 1 atom stereocenters. The van der Waals surface area contributed by atoms with Crippen molar-refractivity contribution >= 4 is 15.9 Å². The SMILES string of the molecule is CC(C)c1c(Br)cnn1CC(O)COc1ccccc1. The first-order chi connectivity index (χ1) is 9.58. The summed E-state index contributed by atoms with van der Waals surface area (Å²) < 4.78 is 8.35. The molecule has 5 heteroatoms. The molecule has 1 unspecified atom stereocenters. The molecule has 0 spiro atoms. The number of halogens is 1. The Morgan fingerprint density at radius 3 is 2.65 bits per heavy atom. The van der Waals surface area contributed by atoms with E-state index in [4.69, 9.17) is 4.74 Å². The Morgan fingerprint density at radius 2 is 2.00 bits per heavy atom. The highest BCUT2D eigenvalue weighted by Crippen LogP contribution is 2.24. The van der Waals surface area contributed by atoms with Crippen molar-refractivity contribution in [3.8, 4) is 5.75 Å². The fraction of sp³-hybridized carbons (Fsp3) is 0.400. The van der Waals surface area contributed by atoms with Gasteiger partial charge in [-0.05, 0) is 34.0 Å². The third-order valence-electron chi connectivity index (χ3n) is 2.95. The normalized spacial score (nSPS) is 12.7. The first-order valence-electron chi connectivity index (χ1n) is 6.65. The molecule has 0 bridgehead atoms. The van der Waals surface area contributed by atoms with Gasteiger partial charge in [-0.3, -0.25) is 4.68 Å². The van der Waals surface area contributed by atoms with Crippen molar-refractivity contribution in [1.82, 2.24) is 9.78 Å². The van der Waals surface area contributed by atoms with Crippen LogP contribution in [0.15, 0.2) is 41.0 Å². The minimum absolute atomic E-state index is 0.249. The first-order valence-corrected chi connectivity index (χ1v) is 7.44. The van der Waals surface area contributed by atoms with E-state index in [9.17, 15) is 5.11 Å². The number of aromatic nitrogens is 2. The van der Waals surface area contributed by atoms with Crippen molar-refractivity contribution in [2.24, 2.45) is 0 Å². The van der Waals surface area contributed by atoms with Crippen LogP contribution >= 0.6 is 15.9 Å². The quantitative estimate of drug-likeness (QED) is 0.879. The molecule has 1 aromatic carbocycles. The average molecular weight is 339 g/mol. The number of benzene rings is 1. The second-order valence-electron chi connectivity index (χ2n) is 4.99. The number of para-hydroxylation sites is 1. The van der Waals surface area contributed by atoms with Gasteiger partial charge in [0.25, 0.3) is 0 Å². The Morgan fingerprint density at radius 1 is 1.30 bits per heavy atom. The molecule has 2 rings (SSSR count). The molecule has 1 heterocycles. The molecular formula is C15H19BrN2O2. The van der Waals surface area contributed by atoms with Gasteiger partial charge in [-0.15, -0.1) is 0 Å². The van der Waals surface area contributed by atoms with Crippen molar-refractivity contribution in [2.75, 3.05) is 6.61 Å². The lowest BCUT2D eigenvalue weighted by Gasteiger charge is -2.16. The molecule has 0 aliphatic rings. The Labute approximate surface area is 127 Å². The van der Waals surface area contributed by atoms with Crippen LogP contribution in [0.1, 0.15) is 25.5 Å². The molecule has 0 aliphatic heterocycles. The lowest BCUT2D eigenvalue weighted by atomic mass is 10.1. The zero-order valence-corrected chi connectivity index (χ0v) is 13.2. The maximum atomic E-state index is 10.1. The van der Waals surface area contributed by atoms with Crippen LogP contribution in [0.5, 0.6) is 5.75 Å². The second kappa shape index (κ2) is 6.90. The van der Waals surface area contributed by atoms with E-state index < -0.39 is 6.10 Å². The molecule has 0 saturated heterocycles. The van der Waals surface area contributed by atoms with Crippen LogP contribution < -0.4 is 4.74 Å². The second-order valence-corrected chi connectivity index (χ2v) is 5.85. The summed E-state index contributed by atoms with van der Waals surface area (Å²) in [6.45, 7) is 4.88. The zero-order valence-electron chi connectivity index (χ0n) is 11.7. The summed E-state index contributed by atoms with van der Waals surface area (Å²) in [5, 5.41) is 14.4. The average Bonchev–Trinajstić information content (AvgIpc) is 2.78. The van der Waals surface area contributed by atoms with E-state index in [1.54, 1.807) is 6.20 Å². The number of ether oxygens (including phenoxy) is 1. The van der Waals surface area contributed by atoms with Crippen LogP contribution in [-0.2, 0) is 6.54 Å². The lowest BCUT2D eigenvalue weighted by molar-refractivity contribution is 0.0883. The molecule has 4 nitrogen and oxygen atoms in total. The Hall–Kier alpha value is -1.33. The molecule has 0 radical (unpaired) electrons. The van der Waals surface area contributed by atoms with Crippen LogP contribution in [0.3, 0.4) is 0 Å². The number of nitrogens with zero attached hydrogens (tertiary/aromatic N) is 2. The summed E-state index contributed by atoms with van der Waals surface area (Å²) in [5.74, 6) is 1.10. The van der Waals surface area contributed by atoms with Crippen LogP contribution in [0, 0.1) is 0 Å². The van der Waals surface area contributed by atoms with Gasteiger partial charge in [0.05, 0.1) is 22.9 Å². The third kappa shape index (κ3) is 3.84. The highest BCUT2D eigenvalue weighted by Gasteiger charge is 2.15. The number of hydrogen-bond donors (Lipinski definition) is 1. The smallest absolute Gasteiger partial charge is 0.119 e. The van der Waals surface area contributed by atoms with Crippen LogP contribution in [-0.4, -0.2) is 27.6 Å². The maximum absolute atomic E-state index is 10.1. The summed E-state index contributed by atoms with van der Waals surface area (Å²) in [5.41, 5.74) is 1.09. The number of hydrogen-bond acceptors (Lipinski definition) is 3. The monoisotopic (exact) mass is 338 g/mol. The summed E-state index contributed by atoms with van der Waals surface area (Å²) in [6.07, 6.45) is 1.17. The fourth-order valence-electron chi connectivity index (χ4n) is 2.05. The molecule has 0 saturated carbocycles. The van der Waals surface area contributed by atoms with E-state index in [1.165, 1.54) is 0 Å². The van der Waals surface area contributed by atoms with Gasteiger partial charge in [0.1, 0.15) is 18.5 Å². The van der Waals surface area contributed by atoms with Crippen molar-refractivity contribution in [2.45, 2.75) is 32.4 Å². The van der Waals surface area contributed by atoms with Crippen molar-refractivity contribution < 1.29 is 9.84 Å². The Bertz CT molecular complexity index is 540. The van der Waals surface area contributed by atoms with E-state index in [2.05, 4.69) is 34.9 Å². The third-order valence-corrected chi connectivity index (χ3v) is 3.56. The van der Waals surface area contributed by atoms with Crippen molar-refractivity contribution in [3.63, 3.8) is 0 Å². The molecule has 0 aliphatic carbocycles. The van der Waals surface area contributed by atoms with E-state index in [0.29, 0.717) is 12.5 Å². The Balaban J connectivity index is 1.93. The largest absolute Gasteiger partial charge is 0.491 e. The van der Waals surface area contributed by atoms with E-state index in [0.717, 1.165) is 15.9 Å². The highest BCUT2D eigenvalue weighted by molar-refractivity contribution is 9.10. The highest BCUT2D eigenvalue weighted by atomic mass is 79.9. The molecule has 108 valence electrons. The van der Waals surface area contributed by atoms with Gasteiger partial charge in [0.15, 0.2) is 0 Å². The van der Waals surface area contributed by atoms with E-state index >= 15 is 0 Å². The topological polar surface area (TPSA) is 47.3 Å². The van der Waals surface area contributed by atoms with Crippen LogP contribution in [0.4, 0.5) is 0 Å². The standard InChI is InChI=1S/C15H19BrN2O2/c1-11(2)15-14(16)8-17-18(15)9-12(19)10-20-13-6-4-3-5-7-13/h3-8,11-12,19H,9-10H2,1-2H3. The van der Waals surface area contributed by atoms with Crippen LogP contribution in [0.25, 0.3) is 0 Å². The molecule has 0 amide bonds. The molecule has 20 heavy (non-hydrogen) atoms. The number of aliphatic hydroxyl groups excluding tert-OH is 1.